The van der Waals surface area contributed by atoms with Gasteiger partial charge in [-0.15, -0.1) is 0 Å². The van der Waals surface area contributed by atoms with Crippen LogP contribution in [0.15, 0.2) is 54.6 Å². The number of amides is 2. The lowest BCUT2D eigenvalue weighted by atomic mass is 9.82. The number of rotatable bonds is 11. The molecule has 2 aromatic rings. The zero-order valence-corrected chi connectivity index (χ0v) is 23.7. The molecule has 0 unspecified atom stereocenters. The van der Waals surface area contributed by atoms with E-state index in [0.717, 1.165) is 62.2 Å². The summed E-state index contributed by atoms with van der Waals surface area (Å²) < 4.78 is 22.7. The molecule has 5 fully saturated rings. The number of aryl methyl sites for hydroxylation is 1. The van der Waals surface area contributed by atoms with Crippen molar-refractivity contribution >= 4 is 12.0 Å². The van der Waals surface area contributed by atoms with Crippen molar-refractivity contribution in [1.29, 1.82) is 0 Å². The van der Waals surface area contributed by atoms with E-state index in [4.69, 9.17) is 18.9 Å². The van der Waals surface area contributed by atoms with E-state index in [1.165, 1.54) is 0 Å². The molecule has 5 saturated heterocycles. The summed E-state index contributed by atoms with van der Waals surface area (Å²) in [6, 6.07) is 17.9. The summed E-state index contributed by atoms with van der Waals surface area (Å²) in [5, 5.41) is 3.15. The fourth-order valence-electron chi connectivity index (χ4n) is 6.45. The Bertz CT molecular complexity index is 1160. The molecule has 5 aliphatic heterocycles. The maximum absolute atomic E-state index is 13.1. The minimum atomic E-state index is -0.628. The number of fused-ring (bicyclic) bond motifs is 3. The first-order chi connectivity index (χ1) is 20.1. The van der Waals surface area contributed by atoms with Gasteiger partial charge in [0, 0.05) is 32.5 Å². The van der Waals surface area contributed by atoms with Gasteiger partial charge in [0.25, 0.3) is 0 Å². The Kier molecular flexibility index (Phi) is 8.74. The van der Waals surface area contributed by atoms with E-state index in [0.29, 0.717) is 51.7 Å². The van der Waals surface area contributed by atoms with Crippen molar-refractivity contribution in [2.24, 2.45) is 5.92 Å². The maximum atomic E-state index is 13.1. The average Bonchev–Trinajstić information content (AvgIpc) is 3.51. The van der Waals surface area contributed by atoms with E-state index in [2.05, 4.69) is 10.2 Å². The van der Waals surface area contributed by atoms with Gasteiger partial charge in [0.2, 0.25) is 5.91 Å². The molecule has 0 saturated carbocycles. The van der Waals surface area contributed by atoms with Gasteiger partial charge in [-0.05, 0) is 68.0 Å². The number of alkyl carbamates (subject to hydrolysis) is 1. The van der Waals surface area contributed by atoms with Gasteiger partial charge >= 0.3 is 6.09 Å². The standard InChI is InChI=1S/C32H41N3O6/c36-29(13-10-24-8-11-27(12-9-24)38-18-4-7-30-39-19-20-40-30)35-22-32(23-35,26-5-2-1-3-6-26)33-31(37)41-28-21-34-16-14-25(28)15-17-34/h1-3,5-6,8-9,11-12,25,28,30H,4,7,10,13-23H2,(H,33,37)/t28-/m0/s1. The monoisotopic (exact) mass is 563 g/mol. The summed E-state index contributed by atoms with van der Waals surface area (Å²) in [5.41, 5.74) is 1.46. The van der Waals surface area contributed by atoms with Crippen molar-refractivity contribution in [1.82, 2.24) is 15.1 Å². The SMILES string of the molecule is O=C(NC1(c2ccccc2)CN(C(=O)CCc2ccc(OCCCC3OCCO3)cc2)C1)O[C@H]1CN2CCC1CC2. The zero-order valence-electron chi connectivity index (χ0n) is 23.7. The summed E-state index contributed by atoms with van der Waals surface area (Å²) in [7, 11) is 0. The molecular formula is C32H41N3O6. The fourth-order valence-corrected chi connectivity index (χ4v) is 6.45. The lowest BCUT2D eigenvalue weighted by Gasteiger charge is -2.51. The molecule has 0 aliphatic carbocycles. The van der Waals surface area contributed by atoms with Gasteiger partial charge in [-0.1, -0.05) is 42.5 Å². The van der Waals surface area contributed by atoms with Crippen LogP contribution in [0.3, 0.4) is 0 Å². The lowest BCUT2D eigenvalue weighted by molar-refractivity contribution is -0.140. The number of likely N-dealkylation sites (tertiary alicyclic amines) is 1. The minimum Gasteiger partial charge on any atom is -0.494 e. The number of hydrogen-bond acceptors (Lipinski definition) is 7. The van der Waals surface area contributed by atoms with Crippen molar-refractivity contribution in [3.63, 3.8) is 0 Å². The van der Waals surface area contributed by atoms with Crippen LogP contribution >= 0.6 is 0 Å². The Morgan fingerprint density at radius 3 is 2.39 bits per heavy atom. The van der Waals surface area contributed by atoms with Crippen molar-refractivity contribution in [3.05, 3.63) is 65.7 Å². The molecule has 9 nitrogen and oxygen atoms in total. The van der Waals surface area contributed by atoms with Crippen LogP contribution in [0, 0.1) is 5.92 Å². The molecule has 5 aliphatic rings. The maximum Gasteiger partial charge on any atom is 0.408 e. The Balaban J connectivity index is 0.967. The van der Waals surface area contributed by atoms with E-state index in [1.807, 2.05) is 59.5 Å². The topological polar surface area (TPSA) is 89.6 Å². The van der Waals surface area contributed by atoms with E-state index in [9.17, 15) is 9.59 Å². The van der Waals surface area contributed by atoms with Crippen LogP contribution in [0.5, 0.6) is 5.75 Å². The summed E-state index contributed by atoms with van der Waals surface area (Å²) in [5.74, 6) is 1.35. The molecule has 1 N–H and O–H groups in total. The fraction of sp³-hybridized carbons (Fsp3) is 0.562. The highest BCUT2D eigenvalue weighted by Gasteiger charge is 2.48. The predicted molar refractivity (Wildman–Crippen MR) is 152 cm³/mol. The number of piperidine rings is 3. The molecule has 0 radical (unpaired) electrons. The third-order valence-corrected chi connectivity index (χ3v) is 8.89. The Morgan fingerprint density at radius 1 is 0.976 bits per heavy atom. The molecule has 0 spiro atoms. The normalized spacial score (nSPS) is 25.0. The number of ether oxygens (including phenoxy) is 4. The Labute approximate surface area is 242 Å². The van der Waals surface area contributed by atoms with Crippen LogP contribution in [-0.2, 0) is 31.0 Å². The van der Waals surface area contributed by atoms with Gasteiger partial charge in [-0.25, -0.2) is 4.79 Å². The number of carbonyl (C=O) groups is 2. The van der Waals surface area contributed by atoms with E-state index in [1.54, 1.807) is 0 Å². The van der Waals surface area contributed by atoms with Gasteiger partial charge in [0.1, 0.15) is 17.4 Å². The van der Waals surface area contributed by atoms with Crippen molar-refractivity contribution < 1.29 is 28.5 Å². The molecule has 5 heterocycles. The second-order valence-corrected chi connectivity index (χ2v) is 11.7. The van der Waals surface area contributed by atoms with E-state index in [-0.39, 0.29) is 24.4 Å². The molecule has 2 bridgehead atoms. The van der Waals surface area contributed by atoms with Gasteiger partial charge in [-0.3, -0.25) is 9.69 Å². The van der Waals surface area contributed by atoms with Gasteiger partial charge in [-0.2, -0.15) is 0 Å². The van der Waals surface area contributed by atoms with Gasteiger partial charge in [0.05, 0.1) is 19.8 Å². The highest BCUT2D eigenvalue weighted by Crippen LogP contribution is 2.34. The molecular weight excluding hydrogens is 522 g/mol. The molecule has 41 heavy (non-hydrogen) atoms. The summed E-state index contributed by atoms with van der Waals surface area (Å²) in [6.45, 7) is 5.85. The predicted octanol–water partition coefficient (Wildman–Crippen LogP) is 3.71. The molecule has 0 aromatic heterocycles. The highest BCUT2D eigenvalue weighted by atomic mass is 16.7. The van der Waals surface area contributed by atoms with Crippen LogP contribution < -0.4 is 10.1 Å². The molecule has 9 heteroatoms. The van der Waals surface area contributed by atoms with E-state index < -0.39 is 5.54 Å². The van der Waals surface area contributed by atoms with Gasteiger partial charge < -0.3 is 29.2 Å². The van der Waals surface area contributed by atoms with E-state index >= 15 is 0 Å². The molecule has 2 amide bonds. The number of nitrogens with one attached hydrogen (secondary N) is 1. The minimum absolute atomic E-state index is 0.0546. The first-order valence-electron chi connectivity index (χ1n) is 15.1. The average molecular weight is 564 g/mol. The quantitative estimate of drug-likeness (QED) is 0.417. The van der Waals surface area contributed by atoms with Crippen molar-refractivity contribution in [2.75, 3.05) is 52.5 Å². The smallest absolute Gasteiger partial charge is 0.408 e. The summed E-state index contributed by atoms with van der Waals surface area (Å²) in [4.78, 5) is 30.3. The van der Waals surface area contributed by atoms with Crippen LogP contribution in [0.1, 0.15) is 43.2 Å². The Hall–Kier alpha value is -3.14. The number of nitrogens with zero attached hydrogens (tertiary/aromatic N) is 2. The highest BCUT2D eigenvalue weighted by molar-refractivity contribution is 5.79. The molecule has 7 rings (SSSR count). The third kappa shape index (κ3) is 6.85. The number of hydrogen-bond donors (Lipinski definition) is 1. The summed E-state index contributed by atoms with van der Waals surface area (Å²) >= 11 is 0. The molecule has 2 aromatic carbocycles. The van der Waals surface area contributed by atoms with Crippen LogP contribution in [0.4, 0.5) is 4.79 Å². The number of benzene rings is 2. The first-order valence-corrected chi connectivity index (χ1v) is 15.1. The molecule has 1 atom stereocenters. The Morgan fingerprint density at radius 2 is 1.71 bits per heavy atom. The summed E-state index contributed by atoms with van der Waals surface area (Å²) in [6.07, 6.45) is 4.41. The second kappa shape index (κ2) is 12.8. The largest absolute Gasteiger partial charge is 0.494 e. The van der Waals surface area contributed by atoms with Crippen molar-refractivity contribution in [3.8, 4) is 5.75 Å². The number of carbonyl (C=O) groups excluding carboxylic acids is 2. The molecule has 220 valence electrons. The van der Waals surface area contributed by atoms with Crippen molar-refractivity contribution in [2.45, 2.75) is 56.5 Å². The van der Waals surface area contributed by atoms with Crippen LogP contribution in [-0.4, -0.2) is 86.7 Å². The van der Waals surface area contributed by atoms with Crippen LogP contribution in [0.25, 0.3) is 0 Å². The third-order valence-electron chi connectivity index (χ3n) is 8.89. The van der Waals surface area contributed by atoms with Gasteiger partial charge in [0.15, 0.2) is 6.29 Å². The first kappa shape index (κ1) is 28.0. The van der Waals surface area contributed by atoms with Crippen LogP contribution in [0.2, 0.25) is 0 Å². The second-order valence-electron chi connectivity index (χ2n) is 11.7. The zero-order chi connectivity index (χ0) is 28.1. The lowest BCUT2D eigenvalue weighted by Crippen LogP contribution is -2.69.